The van der Waals surface area contributed by atoms with Gasteiger partial charge in [0, 0.05) is 0 Å². The van der Waals surface area contributed by atoms with E-state index in [1.807, 2.05) is 0 Å². The van der Waals surface area contributed by atoms with E-state index >= 15 is 0 Å². The number of benzene rings is 1. The maximum atomic E-state index is 10.8. The van der Waals surface area contributed by atoms with E-state index in [4.69, 9.17) is 4.74 Å². The van der Waals surface area contributed by atoms with Crippen molar-refractivity contribution in [3.63, 3.8) is 0 Å². The number of rotatable bonds is 3. The molecule has 86 valence electrons. The van der Waals surface area contributed by atoms with E-state index in [9.17, 15) is 9.90 Å². The van der Waals surface area contributed by atoms with Gasteiger partial charge in [0.1, 0.15) is 11.5 Å². The molecule has 0 atom stereocenters. The number of carbonyl (C=O) groups is 1. The van der Waals surface area contributed by atoms with E-state index in [-0.39, 0.29) is 11.9 Å². The van der Waals surface area contributed by atoms with Gasteiger partial charge in [0.15, 0.2) is 6.29 Å². The summed E-state index contributed by atoms with van der Waals surface area (Å²) in [7, 11) is 0. The highest BCUT2D eigenvalue weighted by Gasteiger charge is 2.16. The van der Waals surface area contributed by atoms with Crippen LogP contribution in [0.2, 0.25) is 0 Å². The minimum absolute atomic E-state index is 0.0955. The molecule has 0 unspecified atom stereocenters. The SMILES string of the molecule is O=Cc1cc(O)ccc1OC1CCCCC1. The second-order valence-electron chi connectivity index (χ2n) is 4.22. The van der Waals surface area contributed by atoms with E-state index in [1.54, 1.807) is 12.1 Å². The standard InChI is InChI=1S/C13H16O3/c14-9-10-8-11(15)6-7-13(10)16-12-4-2-1-3-5-12/h6-9,12,15H,1-5H2. The van der Waals surface area contributed by atoms with Gasteiger partial charge in [-0.3, -0.25) is 4.79 Å². The van der Waals surface area contributed by atoms with E-state index in [1.165, 1.54) is 25.3 Å². The van der Waals surface area contributed by atoms with Crippen LogP contribution in [0.15, 0.2) is 18.2 Å². The van der Waals surface area contributed by atoms with Gasteiger partial charge < -0.3 is 9.84 Å². The van der Waals surface area contributed by atoms with Gasteiger partial charge in [-0.1, -0.05) is 6.42 Å². The zero-order valence-corrected chi connectivity index (χ0v) is 9.19. The average Bonchev–Trinajstić information content (AvgIpc) is 2.33. The van der Waals surface area contributed by atoms with E-state index in [0.717, 1.165) is 19.1 Å². The van der Waals surface area contributed by atoms with Gasteiger partial charge in [-0.15, -0.1) is 0 Å². The van der Waals surface area contributed by atoms with Crippen LogP contribution in [0.3, 0.4) is 0 Å². The van der Waals surface area contributed by atoms with Gasteiger partial charge in [0.25, 0.3) is 0 Å². The molecule has 1 aromatic carbocycles. The van der Waals surface area contributed by atoms with Crippen molar-refractivity contribution in [2.45, 2.75) is 38.2 Å². The highest BCUT2D eigenvalue weighted by molar-refractivity contribution is 5.80. The maximum Gasteiger partial charge on any atom is 0.153 e. The molecule has 1 aliphatic rings. The van der Waals surface area contributed by atoms with Gasteiger partial charge in [-0.05, 0) is 43.9 Å². The molecule has 0 amide bonds. The van der Waals surface area contributed by atoms with Crippen LogP contribution in [0, 0.1) is 0 Å². The fraction of sp³-hybridized carbons (Fsp3) is 0.462. The number of ether oxygens (including phenoxy) is 1. The number of aldehydes is 1. The molecule has 3 nitrogen and oxygen atoms in total. The lowest BCUT2D eigenvalue weighted by Gasteiger charge is -2.23. The summed E-state index contributed by atoms with van der Waals surface area (Å²) in [6.07, 6.45) is 6.71. The smallest absolute Gasteiger partial charge is 0.153 e. The molecular weight excluding hydrogens is 204 g/mol. The quantitative estimate of drug-likeness (QED) is 0.797. The molecule has 0 bridgehead atoms. The predicted octanol–water partition coefficient (Wildman–Crippen LogP) is 2.92. The van der Waals surface area contributed by atoms with Gasteiger partial charge in [0.05, 0.1) is 11.7 Å². The first-order valence-corrected chi connectivity index (χ1v) is 5.74. The highest BCUT2D eigenvalue weighted by Crippen LogP contribution is 2.27. The molecule has 0 heterocycles. The molecule has 0 radical (unpaired) electrons. The molecule has 16 heavy (non-hydrogen) atoms. The summed E-state index contributed by atoms with van der Waals surface area (Å²) in [4.78, 5) is 10.8. The van der Waals surface area contributed by atoms with Crippen molar-refractivity contribution in [2.75, 3.05) is 0 Å². The van der Waals surface area contributed by atoms with Crippen LogP contribution in [-0.2, 0) is 0 Å². The number of aromatic hydroxyl groups is 1. The zero-order chi connectivity index (χ0) is 11.4. The largest absolute Gasteiger partial charge is 0.508 e. The van der Waals surface area contributed by atoms with Gasteiger partial charge >= 0.3 is 0 Å². The maximum absolute atomic E-state index is 10.8. The van der Waals surface area contributed by atoms with E-state index < -0.39 is 0 Å². The Bertz CT molecular complexity index is 367. The molecule has 0 saturated heterocycles. The lowest BCUT2D eigenvalue weighted by atomic mass is 9.98. The zero-order valence-electron chi connectivity index (χ0n) is 9.19. The topological polar surface area (TPSA) is 46.5 Å². The van der Waals surface area contributed by atoms with Crippen LogP contribution in [0.25, 0.3) is 0 Å². The Morgan fingerprint density at radius 3 is 2.69 bits per heavy atom. The molecule has 1 fully saturated rings. The van der Waals surface area contributed by atoms with Crippen molar-refractivity contribution in [3.8, 4) is 11.5 Å². The fourth-order valence-corrected chi connectivity index (χ4v) is 2.10. The van der Waals surface area contributed by atoms with Gasteiger partial charge in [-0.2, -0.15) is 0 Å². The first-order chi connectivity index (χ1) is 7.79. The molecular formula is C13H16O3. The number of phenolic OH excluding ortho intramolecular Hbond substituents is 1. The lowest BCUT2D eigenvalue weighted by molar-refractivity contribution is 0.110. The summed E-state index contributed by atoms with van der Waals surface area (Å²) in [5, 5.41) is 9.26. The Morgan fingerprint density at radius 1 is 1.25 bits per heavy atom. The molecule has 0 spiro atoms. The fourth-order valence-electron chi connectivity index (χ4n) is 2.10. The Labute approximate surface area is 95.0 Å². The third-order valence-electron chi connectivity index (χ3n) is 2.97. The minimum Gasteiger partial charge on any atom is -0.508 e. The summed E-state index contributed by atoms with van der Waals surface area (Å²) in [6, 6.07) is 4.64. The van der Waals surface area contributed by atoms with Crippen molar-refractivity contribution in [1.29, 1.82) is 0 Å². The molecule has 1 aromatic rings. The van der Waals surface area contributed by atoms with Crippen molar-refractivity contribution in [2.24, 2.45) is 0 Å². The summed E-state index contributed by atoms with van der Waals surface area (Å²) >= 11 is 0. The number of phenols is 1. The van der Waals surface area contributed by atoms with Crippen LogP contribution < -0.4 is 4.74 Å². The summed E-state index contributed by atoms with van der Waals surface area (Å²) in [5.74, 6) is 0.679. The Hall–Kier alpha value is -1.51. The first-order valence-electron chi connectivity index (χ1n) is 5.74. The van der Waals surface area contributed by atoms with Crippen molar-refractivity contribution in [1.82, 2.24) is 0 Å². The Morgan fingerprint density at radius 2 is 2.00 bits per heavy atom. The number of hydrogen-bond acceptors (Lipinski definition) is 3. The highest BCUT2D eigenvalue weighted by atomic mass is 16.5. The average molecular weight is 220 g/mol. The van der Waals surface area contributed by atoms with Crippen molar-refractivity contribution in [3.05, 3.63) is 23.8 Å². The summed E-state index contributed by atoms with van der Waals surface area (Å²) < 4.78 is 5.79. The molecule has 3 heteroatoms. The lowest BCUT2D eigenvalue weighted by Crippen LogP contribution is -2.20. The molecule has 0 aliphatic heterocycles. The predicted molar refractivity (Wildman–Crippen MR) is 61.0 cm³/mol. The molecule has 1 aliphatic carbocycles. The molecule has 2 rings (SSSR count). The van der Waals surface area contributed by atoms with E-state index in [2.05, 4.69) is 0 Å². The van der Waals surface area contributed by atoms with Crippen LogP contribution in [-0.4, -0.2) is 17.5 Å². The third-order valence-corrected chi connectivity index (χ3v) is 2.97. The number of carbonyl (C=O) groups excluding carboxylic acids is 1. The van der Waals surface area contributed by atoms with Crippen LogP contribution in [0.5, 0.6) is 11.5 Å². The van der Waals surface area contributed by atoms with Crippen molar-refractivity contribution >= 4 is 6.29 Å². The second-order valence-corrected chi connectivity index (χ2v) is 4.22. The normalized spacial score (nSPS) is 17.0. The van der Waals surface area contributed by atoms with Crippen LogP contribution >= 0.6 is 0 Å². The first kappa shape index (κ1) is 11.0. The van der Waals surface area contributed by atoms with Crippen LogP contribution in [0.4, 0.5) is 0 Å². The van der Waals surface area contributed by atoms with E-state index in [0.29, 0.717) is 11.3 Å². The van der Waals surface area contributed by atoms with Crippen LogP contribution in [0.1, 0.15) is 42.5 Å². The minimum atomic E-state index is 0.0955. The monoisotopic (exact) mass is 220 g/mol. The summed E-state index contributed by atoms with van der Waals surface area (Å²) in [6.45, 7) is 0. The molecule has 0 aromatic heterocycles. The summed E-state index contributed by atoms with van der Waals surface area (Å²) in [5.41, 5.74) is 0.422. The molecule has 1 N–H and O–H groups in total. The second kappa shape index (κ2) is 5.01. The number of hydrogen-bond donors (Lipinski definition) is 1. The Balaban J connectivity index is 2.10. The van der Waals surface area contributed by atoms with Crippen molar-refractivity contribution < 1.29 is 14.6 Å². The van der Waals surface area contributed by atoms with Gasteiger partial charge in [0.2, 0.25) is 0 Å². The van der Waals surface area contributed by atoms with Gasteiger partial charge in [-0.25, -0.2) is 0 Å². The Kier molecular flexibility index (Phi) is 3.44. The third kappa shape index (κ3) is 2.54. The molecule has 1 saturated carbocycles.